The molecule has 0 spiro atoms. The lowest BCUT2D eigenvalue weighted by Gasteiger charge is -2.26. The van der Waals surface area contributed by atoms with Gasteiger partial charge in [-0.2, -0.15) is 0 Å². The highest BCUT2D eigenvalue weighted by Gasteiger charge is 2.21. The molecule has 1 heterocycles. The number of nitrogens with zero attached hydrogens (tertiary/aromatic N) is 1. The first-order valence-corrected chi connectivity index (χ1v) is 6.57. The first-order valence-electron chi connectivity index (χ1n) is 5.78. The minimum absolute atomic E-state index is 0.270. The van der Waals surface area contributed by atoms with Crippen molar-refractivity contribution in [2.75, 3.05) is 13.1 Å². The van der Waals surface area contributed by atoms with Crippen molar-refractivity contribution in [3.05, 3.63) is 33.8 Å². The molecule has 1 N–H and O–H groups in total. The fourth-order valence-electron chi connectivity index (χ4n) is 1.96. The third kappa shape index (κ3) is 3.05. The highest BCUT2D eigenvalue weighted by Crippen LogP contribution is 2.19. The molecule has 0 unspecified atom stereocenters. The predicted molar refractivity (Wildman–Crippen MR) is 66.9 cm³/mol. The van der Waals surface area contributed by atoms with Crippen LogP contribution in [-0.2, 0) is 0 Å². The summed E-state index contributed by atoms with van der Waals surface area (Å²) < 4.78 is 27.4. The maximum absolute atomic E-state index is 13.6. The molecule has 0 atom stereocenters. The zero-order valence-electron chi connectivity index (χ0n) is 9.68. The van der Waals surface area contributed by atoms with Crippen molar-refractivity contribution in [1.29, 1.82) is 0 Å². The molecule has 18 heavy (non-hydrogen) atoms. The van der Waals surface area contributed by atoms with Gasteiger partial charge in [0.25, 0.3) is 5.91 Å². The van der Waals surface area contributed by atoms with Crippen LogP contribution in [0.2, 0.25) is 0 Å². The molecular weight excluding hydrogens is 306 g/mol. The Balaban J connectivity index is 2.13. The molecule has 1 fully saturated rings. The summed E-state index contributed by atoms with van der Waals surface area (Å²) >= 11 is 2.97. The van der Waals surface area contributed by atoms with Crippen LogP contribution in [0.5, 0.6) is 0 Å². The summed E-state index contributed by atoms with van der Waals surface area (Å²) in [6.07, 6.45) is 3.07. The first kappa shape index (κ1) is 13.4. The molecule has 2 rings (SSSR count). The van der Waals surface area contributed by atoms with Gasteiger partial charge in [0.1, 0.15) is 17.2 Å². The Kier molecular flexibility index (Phi) is 4.29. The molecule has 0 aliphatic carbocycles. The molecule has 0 bridgehead atoms. The van der Waals surface area contributed by atoms with Crippen LogP contribution in [0.3, 0.4) is 0 Å². The van der Waals surface area contributed by atoms with E-state index in [9.17, 15) is 13.6 Å². The van der Waals surface area contributed by atoms with Gasteiger partial charge in [-0.05, 0) is 25.0 Å². The summed E-state index contributed by atoms with van der Waals surface area (Å²) in [5.74, 6) is -2.47. The number of nitrogens with one attached hydrogen (secondary N) is 1. The predicted octanol–water partition coefficient (Wildman–Crippen LogP) is 2.86. The molecular formula is C12H13BrF2N2O. The van der Waals surface area contributed by atoms with Crippen LogP contribution >= 0.6 is 15.9 Å². The van der Waals surface area contributed by atoms with Gasteiger partial charge in [-0.1, -0.05) is 22.4 Å². The van der Waals surface area contributed by atoms with E-state index in [0.29, 0.717) is 13.1 Å². The Bertz CT molecular complexity index is 438. The van der Waals surface area contributed by atoms with E-state index < -0.39 is 23.1 Å². The normalized spacial score (nSPS) is 16.6. The Morgan fingerprint density at radius 3 is 2.28 bits per heavy atom. The van der Waals surface area contributed by atoms with Gasteiger partial charge in [0.15, 0.2) is 0 Å². The lowest BCUT2D eigenvalue weighted by molar-refractivity contribution is 0.0741. The maximum atomic E-state index is 13.6. The van der Waals surface area contributed by atoms with Crippen LogP contribution in [0.4, 0.5) is 8.78 Å². The summed E-state index contributed by atoms with van der Waals surface area (Å²) in [5.41, 5.74) is 2.00. The molecule has 1 aromatic rings. The zero-order valence-corrected chi connectivity index (χ0v) is 11.3. The number of amides is 1. The van der Waals surface area contributed by atoms with E-state index in [2.05, 4.69) is 21.4 Å². The smallest absolute Gasteiger partial charge is 0.271 e. The molecule has 1 amide bonds. The van der Waals surface area contributed by atoms with Crippen molar-refractivity contribution >= 4 is 21.8 Å². The van der Waals surface area contributed by atoms with Crippen LogP contribution in [0.15, 0.2) is 16.6 Å². The molecule has 0 aromatic heterocycles. The lowest BCUT2D eigenvalue weighted by Crippen LogP contribution is -2.45. The average Bonchev–Trinajstić information content (AvgIpc) is 2.28. The molecule has 1 aliphatic heterocycles. The van der Waals surface area contributed by atoms with Crippen molar-refractivity contribution in [2.45, 2.75) is 19.3 Å². The van der Waals surface area contributed by atoms with Gasteiger partial charge < -0.3 is 0 Å². The van der Waals surface area contributed by atoms with Crippen LogP contribution in [-0.4, -0.2) is 24.0 Å². The van der Waals surface area contributed by atoms with E-state index >= 15 is 0 Å². The highest BCUT2D eigenvalue weighted by atomic mass is 79.9. The first-order chi connectivity index (χ1) is 8.58. The second-order valence-electron chi connectivity index (χ2n) is 4.23. The number of piperidine rings is 1. The second kappa shape index (κ2) is 5.75. The topological polar surface area (TPSA) is 32.3 Å². The minimum Gasteiger partial charge on any atom is -0.285 e. The van der Waals surface area contributed by atoms with Crippen molar-refractivity contribution in [1.82, 2.24) is 10.4 Å². The quantitative estimate of drug-likeness (QED) is 0.909. The second-order valence-corrected chi connectivity index (χ2v) is 5.15. The van der Waals surface area contributed by atoms with Crippen LogP contribution in [0.1, 0.15) is 29.6 Å². The summed E-state index contributed by atoms with van der Waals surface area (Å²) in [7, 11) is 0. The lowest BCUT2D eigenvalue weighted by atomic mass is 10.1. The van der Waals surface area contributed by atoms with E-state index in [-0.39, 0.29) is 4.47 Å². The number of benzene rings is 1. The van der Waals surface area contributed by atoms with Crippen molar-refractivity contribution < 1.29 is 13.6 Å². The van der Waals surface area contributed by atoms with Crippen LogP contribution in [0, 0.1) is 11.6 Å². The number of halogens is 3. The Morgan fingerprint density at radius 2 is 1.72 bits per heavy atom. The van der Waals surface area contributed by atoms with Gasteiger partial charge in [0.2, 0.25) is 0 Å². The SMILES string of the molecule is O=C(NN1CCCCC1)c1c(F)cc(Br)cc1F. The number of rotatable bonds is 2. The van der Waals surface area contributed by atoms with E-state index in [0.717, 1.165) is 31.4 Å². The van der Waals surface area contributed by atoms with Crippen molar-refractivity contribution in [3.8, 4) is 0 Å². The van der Waals surface area contributed by atoms with Crippen molar-refractivity contribution in [3.63, 3.8) is 0 Å². The summed E-state index contributed by atoms with van der Waals surface area (Å²) in [4.78, 5) is 11.8. The average molecular weight is 319 g/mol. The monoisotopic (exact) mass is 318 g/mol. The molecule has 98 valence electrons. The Morgan fingerprint density at radius 1 is 1.17 bits per heavy atom. The summed E-state index contributed by atoms with van der Waals surface area (Å²) in [5, 5.41) is 1.70. The van der Waals surface area contributed by atoms with E-state index in [1.807, 2.05) is 0 Å². The molecule has 0 radical (unpaired) electrons. The minimum atomic E-state index is -0.864. The zero-order chi connectivity index (χ0) is 13.1. The highest BCUT2D eigenvalue weighted by molar-refractivity contribution is 9.10. The van der Waals surface area contributed by atoms with E-state index in [1.54, 1.807) is 5.01 Å². The fourth-order valence-corrected chi connectivity index (χ4v) is 2.37. The van der Waals surface area contributed by atoms with Gasteiger partial charge in [0, 0.05) is 17.6 Å². The van der Waals surface area contributed by atoms with Crippen molar-refractivity contribution in [2.24, 2.45) is 0 Å². The van der Waals surface area contributed by atoms with Crippen LogP contribution < -0.4 is 5.43 Å². The fraction of sp³-hybridized carbons (Fsp3) is 0.417. The molecule has 6 heteroatoms. The number of hydrazine groups is 1. The van der Waals surface area contributed by atoms with E-state index in [1.165, 1.54) is 0 Å². The standard InChI is InChI=1S/C12H13BrF2N2O/c13-8-6-9(14)11(10(15)7-8)12(18)16-17-4-2-1-3-5-17/h6-7H,1-5H2,(H,16,18). The van der Waals surface area contributed by atoms with Gasteiger partial charge in [-0.3, -0.25) is 10.2 Å². The molecule has 1 saturated heterocycles. The molecule has 1 aromatic carbocycles. The van der Waals surface area contributed by atoms with Gasteiger partial charge in [-0.15, -0.1) is 0 Å². The van der Waals surface area contributed by atoms with Crippen LogP contribution in [0.25, 0.3) is 0 Å². The third-order valence-corrected chi connectivity index (χ3v) is 3.31. The summed E-state index contributed by atoms with van der Waals surface area (Å²) in [6.45, 7) is 1.43. The number of hydrogen-bond acceptors (Lipinski definition) is 2. The number of hydrogen-bond donors (Lipinski definition) is 1. The number of carbonyl (C=O) groups is 1. The molecule has 0 saturated carbocycles. The molecule has 1 aliphatic rings. The van der Waals surface area contributed by atoms with Gasteiger partial charge in [-0.25, -0.2) is 13.8 Å². The Hall–Kier alpha value is -1.01. The maximum Gasteiger partial charge on any atom is 0.271 e. The van der Waals surface area contributed by atoms with E-state index in [4.69, 9.17) is 0 Å². The summed E-state index contributed by atoms with van der Waals surface area (Å²) in [6, 6.07) is 2.16. The Labute approximate surface area is 112 Å². The molecule has 3 nitrogen and oxygen atoms in total. The largest absolute Gasteiger partial charge is 0.285 e. The number of carbonyl (C=O) groups excluding carboxylic acids is 1. The van der Waals surface area contributed by atoms with Gasteiger partial charge >= 0.3 is 0 Å². The third-order valence-electron chi connectivity index (χ3n) is 2.85. The van der Waals surface area contributed by atoms with Gasteiger partial charge in [0.05, 0.1) is 0 Å².